The zero-order chi connectivity index (χ0) is 26.1. The number of hydrogen-bond donors (Lipinski definition) is 0. The number of ether oxygens (including phenoxy) is 4. The minimum atomic E-state index is -1.98. The van der Waals surface area contributed by atoms with Crippen molar-refractivity contribution in [2.75, 3.05) is 13.7 Å². The highest BCUT2D eigenvalue weighted by molar-refractivity contribution is 6.74. The van der Waals surface area contributed by atoms with Crippen molar-refractivity contribution in [3.63, 3.8) is 0 Å². The molecular weight excluding hydrogens is 448 g/mol. The van der Waals surface area contributed by atoms with Gasteiger partial charge >= 0.3 is 5.97 Å². The van der Waals surface area contributed by atoms with E-state index in [2.05, 4.69) is 54.6 Å². The fraction of sp³-hybridized carbons (Fsp3) is 0.963. The Labute approximate surface area is 209 Å². The highest BCUT2D eigenvalue weighted by atomic mass is 28.4. The fourth-order valence-corrected chi connectivity index (χ4v) is 6.05. The highest BCUT2D eigenvalue weighted by Crippen LogP contribution is 2.50. The third kappa shape index (κ3) is 7.28. The van der Waals surface area contributed by atoms with E-state index in [0.717, 1.165) is 12.8 Å². The van der Waals surface area contributed by atoms with Crippen LogP contribution < -0.4 is 0 Å². The molecule has 200 valence electrons. The Morgan fingerprint density at radius 1 is 1.06 bits per heavy atom. The zero-order valence-electron chi connectivity index (χ0n) is 23.9. The van der Waals surface area contributed by atoms with Gasteiger partial charge in [-0.1, -0.05) is 48.0 Å². The third-order valence-corrected chi connectivity index (χ3v) is 12.4. The maximum Gasteiger partial charge on any atom is 0.335 e. The van der Waals surface area contributed by atoms with E-state index < -0.39 is 25.8 Å². The average Bonchev–Trinajstić information content (AvgIpc) is 2.99. The van der Waals surface area contributed by atoms with E-state index in [1.165, 1.54) is 13.5 Å². The predicted molar refractivity (Wildman–Crippen MR) is 138 cm³/mol. The molecule has 1 saturated carbocycles. The van der Waals surface area contributed by atoms with Gasteiger partial charge in [0.1, 0.15) is 6.10 Å². The first-order valence-corrected chi connectivity index (χ1v) is 16.1. The summed E-state index contributed by atoms with van der Waals surface area (Å²) in [6.07, 6.45) is 2.25. The van der Waals surface area contributed by atoms with Gasteiger partial charge < -0.3 is 23.4 Å². The predicted octanol–water partition coefficient (Wildman–Crippen LogP) is 6.33. The highest BCUT2D eigenvalue weighted by Gasteiger charge is 2.56. The first kappa shape index (κ1) is 29.8. The van der Waals surface area contributed by atoms with Crippen molar-refractivity contribution in [2.45, 2.75) is 136 Å². The molecule has 0 amide bonds. The van der Waals surface area contributed by atoms with E-state index >= 15 is 0 Å². The van der Waals surface area contributed by atoms with Crippen LogP contribution in [0.5, 0.6) is 0 Å². The molecule has 0 aromatic heterocycles. The molecular formula is C27H52O6Si. The molecule has 0 N–H and O–H groups in total. The number of hydrogen-bond acceptors (Lipinski definition) is 6. The maximum absolute atomic E-state index is 12.7. The Morgan fingerprint density at radius 3 is 2.15 bits per heavy atom. The van der Waals surface area contributed by atoms with Gasteiger partial charge in [0.25, 0.3) is 0 Å². The molecule has 1 spiro atoms. The zero-order valence-corrected chi connectivity index (χ0v) is 24.9. The van der Waals surface area contributed by atoms with Gasteiger partial charge in [-0.2, -0.15) is 0 Å². The van der Waals surface area contributed by atoms with E-state index in [1.807, 2.05) is 20.8 Å². The van der Waals surface area contributed by atoms with Crippen LogP contribution in [-0.2, 0) is 28.2 Å². The molecule has 1 heterocycles. The van der Waals surface area contributed by atoms with E-state index in [9.17, 15) is 4.79 Å². The van der Waals surface area contributed by atoms with Gasteiger partial charge in [0, 0.05) is 18.8 Å². The number of rotatable bonds is 8. The minimum Gasteiger partial charge on any atom is -0.467 e. The molecule has 6 nitrogen and oxygen atoms in total. The average molecular weight is 501 g/mol. The Kier molecular flexibility index (Phi) is 9.52. The summed E-state index contributed by atoms with van der Waals surface area (Å²) in [5.74, 6) is 0.263. The van der Waals surface area contributed by atoms with E-state index in [0.29, 0.717) is 30.8 Å². The van der Waals surface area contributed by atoms with E-state index in [1.54, 1.807) is 0 Å². The molecule has 0 unspecified atom stereocenters. The molecule has 0 radical (unpaired) electrons. The van der Waals surface area contributed by atoms with Gasteiger partial charge in [-0.25, -0.2) is 4.79 Å². The Morgan fingerprint density at radius 2 is 1.65 bits per heavy atom. The van der Waals surface area contributed by atoms with E-state index in [4.69, 9.17) is 23.4 Å². The minimum absolute atomic E-state index is 0.101. The lowest BCUT2D eigenvalue weighted by Gasteiger charge is -2.44. The van der Waals surface area contributed by atoms with Gasteiger partial charge in [0.05, 0.1) is 25.4 Å². The summed E-state index contributed by atoms with van der Waals surface area (Å²) in [5.41, 5.74) is -0.483. The lowest BCUT2D eigenvalue weighted by molar-refractivity contribution is -0.247. The lowest BCUT2D eigenvalue weighted by atomic mass is 9.73. The van der Waals surface area contributed by atoms with Gasteiger partial charge in [-0.15, -0.1) is 0 Å². The molecule has 0 bridgehead atoms. The van der Waals surface area contributed by atoms with Crippen molar-refractivity contribution in [1.82, 2.24) is 0 Å². The normalized spacial score (nSPS) is 31.8. The lowest BCUT2D eigenvalue weighted by Crippen LogP contribution is -2.47. The van der Waals surface area contributed by atoms with Crippen LogP contribution in [0.3, 0.4) is 0 Å². The first-order valence-electron chi connectivity index (χ1n) is 13.2. The number of carbonyl (C=O) groups excluding carboxylic acids is 1. The molecule has 2 rings (SSSR count). The van der Waals surface area contributed by atoms with E-state index in [-0.39, 0.29) is 23.2 Å². The molecule has 34 heavy (non-hydrogen) atoms. The molecule has 0 aromatic rings. The summed E-state index contributed by atoms with van der Waals surface area (Å²) in [6, 6.07) is 0. The standard InChI is InChI=1S/C27H52O6Si/c1-18(2)20-14-13-19(3)16-27(20)32-21(15-22(24(28)29-10)31-25(4,5)6)23(33-27)17-30-34(11,12)26(7,8)9/h18-23H,13-17H2,1-12H3/t19-,20+,21-,22+,23+,27-/m1/s1. The third-order valence-electron chi connectivity index (χ3n) is 7.91. The quantitative estimate of drug-likeness (QED) is 0.287. The van der Waals surface area contributed by atoms with Crippen molar-refractivity contribution in [1.29, 1.82) is 0 Å². The second kappa shape index (κ2) is 10.9. The smallest absolute Gasteiger partial charge is 0.335 e. The molecule has 1 aliphatic carbocycles. The van der Waals surface area contributed by atoms with Crippen molar-refractivity contribution in [3.8, 4) is 0 Å². The van der Waals surface area contributed by atoms with Crippen LogP contribution >= 0.6 is 0 Å². The summed E-state index contributed by atoms with van der Waals surface area (Å²) in [7, 11) is -0.573. The second-order valence-electron chi connectivity index (χ2n) is 13.4. The summed E-state index contributed by atoms with van der Waals surface area (Å²) in [5, 5.41) is 0.101. The monoisotopic (exact) mass is 500 g/mol. The molecule has 1 aliphatic heterocycles. The van der Waals surface area contributed by atoms with Gasteiger partial charge in [-0.3, -0.25) is 0 Å². The summed E-state index contributed by atoms with van der Waals surface area (Å²) in [4.78, 5) is 12.7. The Balaban J connectivity index is 2.35. The van der Waals surface area contributed by atoms with Crippen molar-refractivity contribution >= 4 is 14.3 Å². The van der Waals surface area contributed by atoms with Crippen LogP contribution in [0, 0.1) is 17.8 Å². The largest absolute Gasteiger partial charge is 0.467 e. The molecule has 2 fully saturated rings. The number of esters is 1. The molecule has 7 heteroatoms. The van der Waals surface area contributed by atoms with Crippen LogP contribution in [0.25, 0.3) is 0 Å². The van der Waals surface area contributed by atoms with Crippen molar-refractivity contribution in [3.05, 3.63) is 0 Å². The van der Waals surface area contributed by atoms with Gasteiger partial charge in [0.2, 0.25) is 0 Å². The maximum atomic E-state index is 12.7. The molecule has 0 aromatic carbocycles. The molecule has 1 saturated heterocycles. The topological polar surface area (TPSA) is 63.2 Å². The summed E-state index contributed by atoms with van der Waals surface area (Å²) < 4.78 is 31.6. The van der Waals surface area contributed by atoms with Gasteiger partial charge in [0.15, 0.2) is 20.2 Å². The van der Waals surface area contributed by atoms with Crippen LogP contribution in [-0.4, -0.2) is 57.7 Å². The van der Waals surface area contributed by atoms with Crippen LogP contribution in [0.4, 0.5) is 0 Å². The summed E-state index contributed by atoms with van der Waals surface area (Å²) >= 11 is 0. The number of carbonyl (C=O) groups is 1. The molecule has 6 atom stereocenters. The van der Waals surface area contributed by atoms with Crippen molar-refractivity contribution < 1.29 is 28.2 Å². The SMILES string of the molecule is COC(=O)[C@H](C[C@H]1O[C@]2(C[C@H](C)CC[C@H]2C(C)C)O[C@H]1CO[Si](C)(C)C(C)(C)C)OC(C)(C)C. The van der Waals surface area contributed by atoms with Gasteiger partial charge in [-0.05, 0) is 57.2 Å². The molecule has 2 aliphatic rings. The van der Waals surface area contributed by atoms with Crippen LogP contribution in [0.15, 0.2) is 0 Å². The Bertz CT molecular complexity index is 680. The fourth-order valence-electron chi connectivity index (χ4n) is 5.04. The first-order chi connectivity index (χ1) is 15.4. The van der Waals surface area contributed by atoms with Crippen LogP contribution in [0.2, 0.25) is 18.1 Å². The van der Waals surface area contributed by atoms with Crippen molar-refractivity contribution in [2.24, 2.45) is 17.8 Å². The number of methoxy groups -OCH3 is 1. The van der Waals surface area contributed by atoms with Crippen LogP contribution in [0.1, 0.15) is 88.0 Å². The summed E-state index contributed by atoms with van der Waals surface area (Å²) in [6.45, 7) is 24.3. The Hall–Kier alpha value is -0.473. The second-order valence-corrected chi connectivity index (χ2v) is 18.2.